The van der Waals surface area contributed by atoms with Crippen LogP contribution in [0, 0.1) is 5.82 Å². The number of nitrogens with one attached hydrogen (secondary N) is 1. The Morgan fingerprint density at radius 1 is 1.48 bits per heavy atom. The average Bonchev–Trinajstić information content (AvgIpc) is 2.39. The topological polar surface area (TPSA) is 92.7 Å². The molecule has 0 saturated heterocycles. The molecule has 1 aromatic rings. The van der Waals surface area contributed by atoms with Gasteiger partial charge in [0.2, 0.25) is 5.91 Å². The summed E-state index contributed by atoms with van der Waals surface area (Å²) in [6.07, 6.45) is 0. The lowest BCUT2D eigenvalue weighted by Gasteiger charge is -2.13. The summed E-state index contributed by atoms with van der Waals surface area (Å²) in [5.41, 5.74) is 0.166. The summed E-state index contributed by atoms with van der Waals surface area (Å²) < 4.78 is 30.7. The van der Waals surface area contributed by atoms with Gasteiger partial charge >= 0.3 is 5.97 Å². The maximum absolute atomic E-state index is 13.9. The van der Waals surface area contributed by atoms with E-state index < -0.39 is 34.5 Å². The molecule has 0 bridgehead atoms. The zero-order chi connectivity index (χ0) is 16.0. The Balaban J connectivity index is 2.77. The maximum atomic E-state index is 13.9. The van der Waals surface area contributed by atoms with Crippen LogP contribution >= 0.6 is 0 Å². The Morgan fingerprint density at radius 2 is 2.14 bits per heavy atom. The Labute approximate surface area is 123 Å². The molecule has 0 aliphatic rings. The van der Waals surface area contributed by atoms with Gasteiger partial charge in [-0.1, -0.05) is 12.1 Å². The Kier molecular flexibility index (Phi) is 6.29. The van der Waals surface area contributed by atoms with Gasteiger partial charge in [-0.05, 0) is 6.07 Å². The van der Waals surface area contributed by atoms with Crippen LogP contribution in [0.4, 0.5) is 4.39 Å². The highest BCUT2D eigenvalue weighted by Gasteiger charge is 2.22. The number of carboxylic acids is 1. The van der Waals surface area contributed by atoms with Crippen LogP contribution < -0.4 is 10.1 Å². The first-order valence-corrected chi connectivity index (χ1v) is 7.50. The summed E-state index contributed by atoms with van der Waals surface area (Å²) >= 11 is 0. The first kappa shape index (κ1) is 17.1. The number of rotatable bonds is 7. The van der Waals surface area contributed by atoms with Crippen LogP contribution in [0.3, 0.4) is 0 Å². The van der Waals surface area contributed by atoms with Crippen molar-refractivity contribution in [3.05, 3.63) is 29.6 Å². The second kappa shape index (κ2) is 7.72. The Bertz CT molecular complexity index is 563. The van der Waals surface area contributed by atoms with Crippen LogP contribution in [0.25, 0.3) is 0 Å². The second-order valence-electron chi connectivity index (χ2n) is 4.28. The number of halogens is 1. The van der Waals surface area contributed by atoms with Crippen LogP contribution in [-0.4, -0.2) is 40.1 Å². The number of carbonyl (C=O) groups excluding carboxylic acids is 1. The monoisotopic (exact) mass is 317 g/mol. The molecular formula is C13H16FNO5S. The van der Waals surface area contributed by atoms with Gasteiger partial charge in [0, 0.05) is 23.3 Å². The van der Waals surface area contributed by atoms with E-state index in [1.54, 1.807) is 6.07 Å². The van der Waals surface area contributed by atoms with E-state index in [4.69, 9.17) is 9.84 Å². The fourth-order valence-corrected chi connectivity index (χ4v) is 2.95. The molecule has 0 aliphatic heterocycles. The van der Waals surface area contributed by atoms with Crippen LogP contribution in [0.5, 0.6) is 5.75 Å². The zero-order valence-corrected chi connectivity index (χ0v) is 12.4. The van der Waals surface area contributed by atoms with Crippen molar-refractivity contribution in [2.24, 2.45) is 0 Å². The molecule has 1 aromatic carbocycles. The van der Waals surface area contributed by atoms with Crippen molar-refractivity contribution in [3.63, 3.8) is 0 Å². The third-order valence-corrected chi connectivity index (χ3v) is 3.95. The van der Waals surface area contributed by atoms with E-state index in [9.17, 15) is 18.2 Å². The molecule has 2 unspecified atom stereocenters. The fraction of sp³-hybridized carbons (Fsp3) is 0.385. The SMILES string of the molecule is COc1cccc(CS(=O)CC(NC(C)=O)C(=O)O)c1F. The summed E-state index contributed by atoms with van der Waals surface area (Å²) in [7, 11) is -0.334. The van der Waals surface area contributed by atoms with E-state index in [1.807, 2.05) is 0 Å². The van der Waals surface area contributed by atoms with E-state index >= 15 is 0 Å². The third-order valence-electron chi connectivity index (χ3n) is 2.61. The van der Waals surface area contributed by atoms with Gasteiger partial charge in [-0.2, -0.15) is 0 Å². The zero-order valence-electron chi connectivity index (χ0n) is 11.6. The molecule has 0 aliphatic carbocycles. The molecule has 0 aromatic heterocycles. The quantitative estimate of drug-likeness (QED) is 0.771. The molecule has 21 heavy (non-hydrogen) atoms. The molecule has 0 spiro atoms. The molecule has 0 saturated carbocycles. The van der Waals surface area contributed by atoms with Crippen LogP contribution in [-0.2, 0) is 26.1 Å². The Morgan fingerprint density at radius 3 is 2.67 bits per heavy atom. The number of aliphatic carboxylic acids is 1. The molecule has 1 amide bonds. The second-order valence-corrected chi connectivity index (χ2v) is 5.78. The summed E-state index contributed by atoms with van der Waals surface area (Å²) in [4.78, 5) is 21.8. The smallest absolute Gasteiger partial charge is 0.327 e. The number of benzene rings is 1. The number of ether oxygens (including phenoxy) is 1. The molecule has 1 rings (SSSR count). The summed E-state index contributed by atoms with van der Waals surface area (Å²) in [6.45, 7) is 1.17. The molecule has 116 valence electrons. The first-order chi connectivity index (χ1) is 9.85. The minimum Gasteiger partial charge on any atom is -0.494 e. The number of hydrogen-bond acceptors (Lipinski definition) is 4. The maximum Gasteiger partial charge on any atom is 0.327 e. The predicted molar refractivity (Wildman–Crippen MR) is 74.9 cm³/mol. The lowest BCUT2D eigenvalue weighted by molar-refractivity contribution is -0.140. The number of carboxylic acid groups (broad SMARTS) is 1. The molecule has 2 atom stereocenters. The molecule has 8 heteroatoms. The Hall–Kier alpha value is -1.96. The van der Waals surface area contributed by atoms with Gasteiger partial charge in [0.25, 0.3) is 0 Å². The van der Waals surface area contributed by atoms with Crippen molar-refractivity contribution in [3.8, 4) is 5.75 Å². The number of hydrogen-bond donors (Lipinski definition) is 2. The van der Waals surface area contributed by atoms with Crippen LogP contribution in [0.1, 0.15) is 12.5 Å². The molecular weight excluding hydrogens is 301 g/mol. The highest BCUT2D eigenvalue weighted by atomic mass is 32.2. The van der Waals surface area contributed by atoms with E-state index in [-0.39, 0.29) is 22.8 Å². The van der Waals surface area contributed by atoms with Crippen molar-refractivity contribution in [2.45, 2.75) is 18.7 Å². The van der Waals surface area contributed by atoms with Crippen LogP contribution in [0.2, 0.25) is 0 Å². The highest BCUT2D eigenvalue weighted by Crippen LogP contribution is 2.21. The van der Waals surface area contributed by atoms with E-state index in [0.29, 0.717) is 0 Å². The largest absolute Gasteiger partial charge is 0.494 e. The summed E-state index contributed by atoms with van der Waals surface area (Å²) in [6, 6.07) is 3.16. The van der Waals surface area contributed by atoms with Gasteiger partial charge in [0.1, 0.15) is 6.04 Å². The average molecular weight is 317 g/mol. The normalized spacial score (nSPS) is 13.3. The highest BCUT2D eigenvalue weighted by molar-refractivity contribution is 7.84. The number of carbonyl (C=O) groups is 2. The fourth-order valence-electron chi connectivity index (χ4n) is 1.66. The minimum absolute atomic E-state index is 0.0288. The number of methoxy groups -OCH3 is 1. The summed E-state index contributed by atoms with van der Waals surface area (Å²) in [5.74, 6) is -2.88. The number of amides is 1. The third kappa shape index (κ3) is 5.14. The molecule has 0 radical (unpaired) electrons. The van der Waals surface area contributed by atoms with Crippen LogP contribution in [0.15, 0.2) is 18.2 Å². The van der Waals surface area contributed by atoms with Gasteiger partial charge in [-0.25, -0.2) is 9.18 Å². The van der Waals surface area contributed by atoms with Crippen molar-refractivity contribution in [1.82, 2.24) is 5.32 Å². The first-order valence-electron chi connectivity index (χ1n) is 6.01. The van der Waals surface area contributed by atoms with Crippen molar-refractivity contribution >= 4 is 22.7 Å². The van der Waals surface area contributed by atoms with E-state index in [1.165, 1.54) is 26.2 Å². The summed E-state index contributed by atoms with van der Waals surface area (Å²) in [5, 5.41) is 11.1. The van der Waals surface area contributed by atoms with Crippen molar-refractivity contribution in [1.29, 1.82) is 0 Å². The molecule has 6 nitrogen and oxygen atoms in total. The van der Waals surface area contributed by atoms with E-state index in [2.05, 4.69) is 5.32 Å². The lowest BCUT2D eigenvalue weighted by Crippen LogP contribution is -2.43. The minimum atomic E-state index is -1.65. The molecule has 2 N–H and O–H groups in total. The van der Waals surface area contributed by atoms with Crippen molar-refractivity contribution in [2.75, 3.05) is 12.9 Å². The van der Waals surface area contributed by atoms with Gasteiger partial charge < -0.3 is 15.2 Å². The van der Waals surface area contributed by atoms with Gasteiger partial charge in [-0.3, -0.25) is 9.00 Å². The molecule has 0 heterocycles. The van der Waals surface area contributed by atoms with Crippen molar-refractivity contribution < 1.29 is 28.0 Å². The predicted octanol–water partition coefficient (Wildman–Crippen LogP) is 0.672. The molecule has 0 fully saturated rings. The van der Waals surface area contributed by atoms with Gasteiger partial charge in [0.05, 0.1) is 18.6 Å². The van der Waals surface area contributed by atoms with E-state index in [0.717, 1.165) is 0 Å². The lowest BCUT2D eigenvalue weighted by atomic mass is 10.2. The standard InChI is InChI=1S/C13H16FNO5S/c1-8(16)15-10(13(17)18)7-21(19)6-9-4-3-5-11(20-2)12(9)14/h3-5,10H,6-7H2,1-2H3,(H,15,16)(H,17,18). The van der Waals surface area contributed by atoms with Gasteiger partial charge in [0.15, 0.2) is 11.6 Å². The van der Waals surface area contributed by atoms with Gasteiger partial charge in [-0.15, -0.1) is 0 Å².